The molecule has 1 aliphatic rings. The molecule has 1 aromatic carbocycles. The SMILES string of the molecule is NCC1(C(=O)Nc2ccc(Br)cc2F)CC1. The van der Waals surface area contributed by atoms with Crippen molar-refractivity contribution in [2.24, 2.45) is 11.1 Å². The number of hydrogen-bond donors (Lipinski definition) is 2. The third kappa shape index (κ3) is 2.10. The Kier molecular flexibility index (Phi) is 2.99. The lowest BCUT2D eigenvalue weighted by Crippen LogP contribution is -2.31. The number of hydrogen-bond acceptors (Lipinski definition) is 2. The van der Waals surface area contributed by atoms with E-state index >= 15 is 0 Å². The zero-order valence-corrected chi connectivity index (χ0v) is 10.2. The van der Waals surface area contributed by atoms with Crippen LogP contribution in [0.3, 0.4) is 0 Å². The van der Waals surface area contributed by atoms with Crippen molar-refractivity contribution in [3.63, 3.8) is 0 Å². The Morgan fingerprint density at radius 1 is 1.56 bits per heavy atom. The molecule has 1 fully saturated rings. The molecule has 0 saturated heterocycles. The fourth-order valence-electron chi connectivity index (χ4n) is 1.52. The van der Waals surface area contributed by atoms with E-state index in [4.69, 9.17) is 5.73 Å². The molecule has 1 aromatic rings. The first kappa shape index (κ1) is 11.5. The second-order valence-electron chi connectivity index (χ2n) is 4.06. The maximum Gasteiger partial charge on any atom is 0.231 e. The number of amides is 1. The highest BCUT2D eigenvalue weighted by molar-refractivity contribution is 9.10. The van der Waals surface area contributed by atoms with Crippen molar-refractivity contribution in [2.75, 3.05) is 11.9 Å². The molecule has 0 radical (unpaired) electrons. The van der Waals surface area contributed by atoms with E-state index in [2.05, 4.69) is 21.2 Å². The predicted octanol–water partition coefficient (Wildman–Crippen LogP) is 2.27. The van der Waals surface area contributed by atoms with Gasteiger partial charge in [0.15, 0.2) is 0 Å². The average molecular weight is 287 g/mol. The molecular weight excluding hydrogens is 275 g/mol. The second kappa shape index (κ2) is 4.14. The van der Waals surface area contributed by atoms with Gasteiger partial charge in [-0.1, -0.05) is 15.9 Å². The molecule has 0 aliphatic heterocycles. The predicted molar refractivity (Wildman–Crippen MR) is 63.5 cm³/mol. The molecule has 5 heteroatoms. The highest BCUT2D eigenvalue weighted by Crippen LogP contribution is 2.45. The van der Waals surface area contributed by atoms with Gasteiger partial charge in [-0.3, -0.25) is 4.79 Å². The van der Waals surface area contributed by atoms with Gasteiger partial charge in [-0.05, 0) is 31.0 Å². The number of nitrogens with two attached hydrogens (primary N) is 1. The van der Waals surface area contributed by atoms with Crippen molar-refractivity contribution in [2.45, 2.75) is 12.8 Å². The lowest BCUT2D eigenvalue weighted by Gasteiger charge is -2.13. The fourth-order valence-corrected chi connectivity index (χ4v) is 1.85. The Morgan fingerprint density at radius 3 is 2.75 bits per heavy atom. The Morgan fingerprint density at radius 2 is 2.25 bits per heavy atom. The van der Waals surface area contributed by atoms with Crippen LogP contribution in [0.5, 0.6) is 0 Å². The van der Waals surface area contributed by atoms with Crippen molar-refractivity contribution >= 4 is 27.5 Å². The van der Waals surface area contributed by atoms with Gasteiger partial charge in [-0.2, -0.15) is 0 Å². The minimum absolute atomic E-state index is 0.184. The molecule has 0 spiro atoms. The summed E-state index contributed by atoms with van der Waals surface area (Å²) < 4.78 is 14.1. The molecule has 0 heterocycles. The van der Waals surface area contributed by atoms with Crippen molar-refractivity contribution in [1.29, 1.82) is 0 Å². The number of carbonyl (C=O) groups excluding carboxylic acids is 1. The highest BCUT2D eigenvalue weighted by Gasteiger charge is 2.48. The summed E-state index contributed by atoms with van der Waals surface area (Å²) in [6.07, 6.45) is 1.57. The van der Waals surface area contributed by atoms with Crippen LogP contribution in [0.2, 0.25) is 0 Å². The van der Waals surface area contributed by atoms with Gasteiger partial charge in [0.25, 0.3) is 0 Å². The first-order valence-corrected chi connectivity index (χ1v) is 5.83. The lowest BCUT2D eigenvalue weighted by atomic mass is 10.1. The largest absolute Gasteiger partial charge is 0.329 e. The molecule has 0 aromatic heterocycles. The highest BCUT2D eigenvalue weighted by atomic mass is 79.9. The van der Waals surface area contributed by atoms with Gasteiger partial charge in [0.05, 0.1) is 11.1 Å². The zero-order valence-electron chi connectivity index (χ0n) is 8.59. The van der Waals surface area contributed by atoms with Gasteiger partial charge in [0.1, 0.15) is 5.82 Å². The Labute approximate surface area is 101 Å². The summed E-state index contributed by atoms with van der Waals surface area (Å²) >= 11 is 3.16. The Balaban J connectivity index is 2.12. The normalized spacial score (nSPS) is 16.9. The molecule has 86 valence electrons. The topological polar surface area (TPSA) is 55.1 Å². The summed E-state index contributed by atoms with van der Waals surface area (Å²) in [6.45, 7) is 0.316. The van der Waals surface area contributed by atoms with E-state index in [0.29, 0.717) is 11.0 Å². The first-order valence-electron chi connectivity index (χ1n) is 5.04. The Bertz CT molecular complexity index is 432. The maximum atomic E-state index is 13.4. The van der Waals surface area contributed by atoms with Crippen LogP contribution in [-0.4, -0.2) is 12.5 Å². The molecule has 0 bridgehead atoms. The van der Waals surface area contributed by atoms with Gasteiger partial charge in [-0.15, -0.1) is 0 Å². The van der Waals surface area contributed by atoms with Crippen molar-refractivity contribution in [3.05, 3.63) is 28.5 Å². The zero-order chi connectivity index (χ0) is 11.8. The molecule has 1 aliphatic carbocycles. The fraction of sp³-hybridized carbons (Fsp3) is 0.364. The van der Waals surface area contributed by atoms with E-state index in [0.717, 1.165) is 12.8 Å². The molecule has 3 nitrogen and oxygen atoms in total. The summed E-state index contributed by atoms with van der Waals surface area (Å²) in [5.74, 6) is -0.633. The summed E-state index contributed by atoms with van der Waals surface area (Å²) in [7, 11) is 0. The number of halogens is 2. The summed E-state index contributed by atoms with van der Waals surface area (Å²) in [5.41, 5.74) is 5.27. The van der Waals surface area contributed by atoms with Gasteiger partial charge < -0.3 is 11.1 Å². The quantitative estimate of drug-likeness (QED) is 0.896. The van der Waals surface area contributed by atoms with E-state index in [-0.39, 0.29) is 11.6 Å². The van der Waals surface area contributed by atoms with Gasteiger partial charge >= 0.3 is 0 Å². The van der Waals surface area contributed by atoms with Crippen molar-refractivity contribution in [3.8, 4) is 0 Å². The smallest absolute Gasteiger partial charge is 0.231 e. The molecule has 16 heavy (non-hydrogen) atoms. The number of benzene rings is 1. The van der Waals surface area contributed by atoms with E-state index in [1.807, 2.05) is 0 Å². The van der Waals surface area contributed by atoms with E-state index in [1.165, 1.54) is 12.1 Å². The van der Waals surface area contributed by atoms with Crippen LogP contribution < -0.4 is 11.1 Å². The van der Waals surface area contributed by atoms with Crippen molar-refractivity contribution < 1.29 is 9.18 Å². The molecule has 0 atom stereocenters. The number of carbonyl (C=O) groups is 1. The average Bonchev–Trinajstić information content (AvgIpc) is 3.03. The molecular formula is C11H12BrFN2O. The molecule has 3 N–H and O–H groups in total. The van der Waals surface area contributed by atoms with Crippen LogP contribution in [0.1, 0.15) is 12.8 Å². The Hall–Kier alpha value is -0.940. The van der Waals surface area contributed by atoms with Crippen LogP contribution in [-0.2, 0) is 4.79 Å². The summed E-state index contributed by atoms with van der Waals surface area (Å²) in [5, 5.41) is 2.58. The van der Waals surface area contributed by atoms with Gasteiger partial charge in [-0.25, -0.2) is 4.39 Å². The maximum absolute atomic E-state index is 13.4. The summed E-state index contributed by atoms with van der Waals surface area (Å²) in [6, 6.07) is 4.53. The third-order valence-corrected chi connectivity index (χ3v) is 3.40. The molecule has 2 rings (SSSR count). The monoisotopic (exact) mass is 286 g/mol. The standard InChI is InChI=1S/C11H12BrFN2O/c12-7-1-2-9(8(13)5-7)15-10(16)11(6-14)3-4-11/h1-2,5H,3-4,6,14H2,(H,15,16). The minimum Gasteiger partial charge on any atom is -0.329 e. The van der Waals surface area contributed by atoms with Crippen LogP contribution >= 0.6 is 15.9 Å². The van der Waals surface area contributed by atoms with Gasteiger partial charge in [0.2, 0.25) is 5.91 Å². The number of nitrogens with one attached hydrogen (secondary N) is 1. The van der Waals surface area contributed by atoms with E-state index < -0.39 is 11.2 Å². The first-order chi connectivity index (χ1) is 7.57. The van der Waals surface area contributed by atoms with Crippen molar-refractivity contribution in [1.82, 2.24) is 0 Å². The molecule has 0 unspecified atom stereocenters. The summed E-state index contributed by atoms with van der Waals surface area (Å²) in [4.78, 5) is 11.8. The number of anilines is 1. The van der Waals surface area contributed by atoms with Gasteiger partial charge in [0, 0.05) is 11.0 Å². The molecule has 1 saturated carbocycles. The lowest BCUT2D eigenvalue weighted by molar-refractivity contribution is -0.120. The van der Waals surface area contributed by atoms with Crippen LogP contribution in [0.15, 0.2) is 22.7 Å². The van der Waals surface area contributed by atoms with Crippen LogP contribution in [0.25, 0.3) is 0 Å². The van der Waals surface area contributed by atoms with E-state index in [9.17, 15) is 9.18 Å². The number of rotatable bonds is 3. The van der Waals surface area contributed by atoms with Crippen LogP contribution in [0.4, 0.5) is 10.1 Å². The second-order valence-corrected chi connectivity index (χ2v) is 4.98. The van der Waals surface area contributed by atoms with Crippen LogP contribution in [0, 0.1) is 11.2 Å². The van der Waals surface area contributed by atoms with E-state index in [1.54, 1.807) is 6.07 Å². The molecule has 1 amide bonds. The minimum atomic E-state index is -0.459. The third-order valence-electron chi connectivity index (χ3n) is 2.91.